The molecule has 3 rings (SSSR count). The number of ether oxygens (including phenoxy) is 1. The van der Waals surface area contributed by atoms with Gasteiger partial charge in [0, 0.05) is 18.4 Å². The fourth-order valence-electron chi connectivity index (χ4n) is 2.82. The summed E-state index contributed by atoms with van der Waals surface area (Å²) < 4.78 is 32.2. The van der Waals surface area contributed by atoms with Gasteiger partial charge in [-0.2, -0.15) is 0 Å². The second kappa shape index (κ2) is 5.82. The van der Waals surface area contributed by atoms with E-state index in [1.54, 1.807) is 0 Å². The van der Waals surface area contributed by atoms with Crippen molar-refractivity contribution in [1.29, 1.82) is 0 Å². The van der Waals surface area contributed by atoms with E-state index < -0.39 is 17.7 Å². The molecule has 2 atom stereocenters. The standard InChI is InChI=1S/C17H16F2O2/c18-12-6-5-11(15(19)10-12)9-16(20)13-7-8-21-17-4-2-1-3-14(13)17/h1-6,10,13,16,20H,7-9H2. The van der Waals surface area contributed by atoms with Gasteiger partial charge in [0.1, 0.15) is 17.4 Å². The second-order valence-electron chi connectivity index (χ2n) is 5.29. The molecule has 1 heterocycles. The van der Waals surface area contributed by atoms with Gasteiger partial charge in [0.2, 0.25) is 0 Å². The predicted octanol–water partition coefficient (Wildman–Crippen LogP) is 3.43. The van der Waals surface area contributed by atoms with Crippen LogP contribution in [0.2, 0.25) is 0 Å². The largest absolute Gasteiger partial charge is 0.493 e. The van der Waals surface area contributed by atoms with E-state index >= 15 is 0 Å². The molecule has 1 aliphatic heterocycles. The lowest BCUT2D eigenvalue weighted by Gasteiger charge is -2.29. The maximum atomic E-state index is 13.7. The normalized spacial score (nSPS) is 18.7. The predicted molar refractivity (Wildman–Crippen MR) is 75.4 cm³/mol. The van der Waals surface area contributed by atoms with E-state index in [1.807, 2.05) is 24.3 Å². The van der Waals surface area contributed by atoms with Crippen LogP contribution in [0.15, 0.2) is 42.5 Å². The number of aliphatic hydroxyl groups excluding tert-OH is 1. The quantitative estimate of drug-likeness (QED) is 0.938. The van der Waals surface area contributed by atoms with Gasteiger partial charge < -0.3 is 9.84 Å². The van der Waals surface area contributed by atoms with Crippen molar-refractivity contribution < 1.29 is 18.6 Å². The molecule has 21 heavy (non-hydrogen) atoms. The summed E-state index contributed by atoms with van der Waals surface area (Å²) in [6, 6.07) is 11.0. The van der Waals surface area contributed by atoms with Crippen LogP contribution in [-0.4, -0.2) is 17.8 Å². The Labute approximate surface area is 122 Å². The van der Waals surface area contributed by atoms with Crippen LogP contribution in [0.4, 0.5) is 8.78 Å². The lowest BCUT2D eigenvalue weighted by atomic mass is 9.85. The van der Waals surface area contributed by atoms with Crippen molar-refractivity contribution in [2.24, 2.45) is 0 Å². The van der Waals surface area contributed by atoms with E-state index in [4.69, 9.17) is 4.74 Å². The number of fused-ring (bicyclic) bond motifs is 1. The molecule has 0 fully saturated rings. The first kappa shape index (κ1) is 14.0. The van der Waals surface area contributed by atoms with Gasteiger partial charge >= 0.3 is 0 Å². The van der Waals surface area contributed by atoms with Gasteiger partial charge in [-0.05, 0) is 29.7 Å². The zero-order chi connectivity index (χ0) is 14.8. The molecule has 2 unspecified atom stereocenters. The van der Waals surface area contributed by atoms with Crippen LogP contribution in [-0.2, 0) is 6.42 Å². The van der Waals surface area contributed by atoms with Crippen LogP contribution in [0.25, 0.3) is 0 Å². The number of hydrogen-bond donors (Lipinski definition) is 1. The second-order valence-corrected chi connectivity index (χ2v) is 5.29. The van der Waals surface area contributed by atoms with Crippen LogP contribution in [0.1, 0.15) is 23.5 Å². The number of benzene rings is 2. The zero-order valence-electron chi connectivity index (χ0n) is 11.4. The molecule has 1 N–H and O–H groups in total. The first-order chi connectivity index (χ1) is 10.1. The van der Waals surface area contributed by atoms with Gasteiger partial charge in [0.15, 0.2) is 0 Å². The number of rotatable bonds is 3. The van der Waals surface area contributed by atoms with Crippen LogP contribution in [0, 0.1) is 11.6 Å². The summed E-state index contributed by atoms with van der Waals surface area (Å²) >= 11 is 0. The van der Waals surface area contributed by atoms with Crippen molar-refractivity contribution in [2.45, 2.75) is 24.9 Å². The Kier molecular flexibility index (Phi) is 3.88. The maximum absolute atomic E-state index is 13.7. The van der Waals surface area contributed by atoms with E-state index in [0.717, 1.165) is 17.4 Å². The molecule has 0 saturated carbocycles. The monoisotopic (exact) mass is 290 g/mol. The van der Waals surface area contributed by atoms with E-state index in [2.05, 4.69) is 0 Å². The SMILES string of the molecule is OC(Cc1ccc(F)cc1F)C1CCOc2ccccc21. The summed E-state index contributed by atoms with van der Waals surface area (Å²) in [4.78, 5) is 0. The molecule has 0 spiro atoms. The summed E-state index contributed by atoms with van der Waals surface area (Å²) in [5.41, 5.74) is 1.27. The first-order valence-electron chi connectivity index (χ1n) is 6.99. The molecule has 110 valence electrons. The van der Waals surface area contributed by atoms with E-state index in [9.17, 15) is 13.9 Å². The van der Waals surface area contributed by atoms with Crippen molar-refractivity contribution in [3.05, 3.63) is 65.2 Å². The third-order valence-electron chi connectivity index (χ3n) is 3.91. The van der Waals surface area contributed by atoms with Gasteiger partial charge in [-0.15, -0.1) is 0 Å². The van der Waals surface area contributed by atoms with Crippen molar-refractivity contribution in [3.63, 3.8) is 0 Å². The van der Waals surface area contributed by atoms with Crippen molar-refractivity contribution in [3.8, 4) is 5.75 Å². The maximum Gasteiger partial charge on any atom is 0.129 e. The topological polar surface area (TPSA) is 29.5 Å². The van der Waals surface area contributed by atoms with E-state index in [-0.39, 0.29) is 12.3 Å². The molecule has 0 aromatic heterocycles. The molecule has 2 aromatic carbocycles. The Morgan fingerprint density at radius 2 is 2.00 bits per heavy atom. The fraction of sp³-hybridized carbons (Fsp3) is 0.294. The van der Waals surface area contributed by atoms with Gasteiger partial charge in [-0.1, -0.05) is 24.3 Å². The molecular formula is C17H16F2O2. The van der Waals surface area contributed by atoms with Crippen LogP contribution < -0.4 is 4.74 Å². The van der Waals surface area contributed by atoms with Gasteiger partial charge in [-0.3, -0.25) is 0 Å². The summed E-state index contributed by atoms with van der Waals surface area (Å²) in [6.45, 7) is 0.532. The smallest absolute Gasteiger partial charge is 0.129 e. The highest BCUT2D eigenvalue weighted by Crippen LogP contribution is 2.36. The van der Waals surface area contributed by atoms with Crippen molar-refractivity contribution >= 4 is 0 Å². The molecule has 0 bridgehead atoms. The Hall–Kier alpha value is -1.94. The summed E-state index contributed by atoms with van der Waals surface area (Å²) in [6.07, 6.45) is 0.113. The molecule has 0 amide bonds. The molecule has 2 aromatic rings. The number of halogens is 2. The number of hydrogen-bond acceptors (Lipinski definition) is 2. The third-order valence-corrected chi connectivity index (χ3v) is 3.91. The highest BCUT2D eigenvalue weighted by atomic mass is 19.1. The summed E-state index contributed by atoms with van der Waals surface area (Å²) in [5, 5.41) is 10.5. The molecular weight excluding hydrogens is 274 g/mol. The minimum atomic E-state index is -0.727. The molecule has 2 nitrogen and oxygen atoms in total. The Balaban J connectivity index is 1.81. The first-order valence-corrected chi connectivity index (χ1v) is 6.99. The lowest BCUT2D eigenvalue weighted by Crippen LogP contribution is -2.27. The van der Waals surface area contributed by atoms with Gasteiger partial charge in [0.05, 0.1) is 12.7 Å². The van der Waals surface area contributed by atoms with Gasteiger partial charge in [-0.25, -0.2) is 8.78 Å². The highest BCUT2D eigenvalue weighted by molar-refractivity contribution is 5.38. The average Bonchev–Trinajstić information content (AvgIpc) is 2.49. The van der Waals surface area contributed by atoms with Crippen molar-refractivity contribution in [1.82, 2.24) is 0 Å². The third kappa shape index (κ3) is 2.90. The number of para-hydroxylation sites is 1. The minimum absolute atomic E-state index is 0.0978. The Morgan fingerprint density at radius 3 is 2.81 bits per heavy atom. The van der Waals surface area contributed by atoms with Gasteiger partial charge in [0.25, 0.3) is 0 Å². The molecule has 1 aliphatic rings. The van der Waals surface area contributed by atoms with Crippen LogP contribution in [0.3, 0.4) is 0 Å². The Bertz CT molecular complexity index is 642. The molecule has 4 heteroatoms. The average molecular weight is 290 g/mol. The molecule has 0 aliphatic carbocycles. The summed E-state index contributed by atoms with van der Waals surface area (Å²) in [5.74, 6) is -0.552. The highest BCUT2D eigenvalue weighted by Gasteiger charge is 2.28. The number of aliphatic hydroxyl groups is 1. The Morgan fingerprint density at radius 1 is 1.19 bits per heavy atom. The lowest BCUT2D eigenvalue weighted by molar-refractivity contribution is 0.116. The van der Waals surface area contributed by atoms with E-state index in [1.165, 1.54) is 12.1 Å². The van der Waals surface area contributed by atoms with Crippen LogP contribution in [0.5, 0.6) is 5.75 Å². The zero-order valence-corrected chi connectivity index (χ0v) is 11.4. The summed E-state index contributed by atoms with van der Waals surface area (Å²) in [7, 11) is 0. The molecule has 0 saturated heterocycles. The minimum Gasteiger partial charge on any atom is -0.493 e. The molecule has 0 radical (unpaired) electrons. The van der Waals surface area contributed by atoms with E-state index in [0.29, 0.717) is 18.6 Å². The fourth-order valence-corrected chi connectivity index (χ4v) is 2.82. The van der Waals surface area contributed by atoms with Crippen molar-refractivity contribution in [2.75, 3.05) is 6.61 Å². The van der Waals surface area contributed by atoms with Crippen LogP contribution >= 0.6 is 0 Å².